The molecule has 3 atom stereocenters. The summed E-state index contributed by atoms with van der Waals surface area (Å²) in [6.07, 6.45) is 2.09. The molecule has 0 aromatic heterocycles. The van der Waals surface area contributed by atoms with Crippen molar-refractivity contribution in [3.8, 4) is 5.75 Å². The smallest absolute Gasteiger partial charge is 0.321 e. The monoisotopic (exact) mass is 672 g/mol. The normalized spacial score (nSPS) is 16.6. The molecule has 12 nitrogen and oxygen atoms in total. The van der Waals surface area contributed by atoms with E-state index in [0.29, 0.717) is 66.3 Å². The second-order valence-corrected chi connectivity index (χ2v) is 12.6. The van der Waals surface area contributed by atoms with Crippen molar-refractivity contribution in [1.29, 1.82) is 0 Å². The van der Waals surface area contributed by atoms with Gasteiger partial charge in [-0.2, -0.15) is 0 Å². The molecule has 49 heavy (non-hydrogen) atoms. The molecule has 1 aliphatic rings. The number of carbonyl (C=O) groups is 4. The number of likely N-dealkylation sites (N-methyl/N-ethyl adjacent to an activating group) is 1. The lowest BCUT2D eigenvalue weighted by molar-refractivity contribution is -0.134. The number of hydrogen-bond donors (Lipinski definition) is 5. The minimum atomic E-state index is -0.475. The number of ether oxygens (including phenoxy) is 1. The summed E-state index contributed by atoms with van der Waals surface area (Å²) in [5, 5.41) is 18.5. The molecule has 6 N–H and O–H groups in total. The van der Waals surface area contributed by atoms with Crippen LogP contribution in [0.5, 0.6) is 5.75 Å². The molecular weight excluding hydrogens is 624 g/mol. The van der Waals surface area contributed by atoms with Gasteiger partial charge >= 0.3 is 6.03 Å². The highest BCUT2D eigenvalue weighted by molar-refractivity contribution is 5.94. The fourth-order valence-electron chi connectivity index (χ4n) is 5.61. The molecule has 3 aromatic rings. The number of anilines is 4. The molecule has 0 radical (unpaired) electrons. The first kappa shape index (κ1) is 36.7. The molecule has 0 aliphatic carbocycles. The number of urea groups is 1. The summed E-state index contributed by atoms with van der Waals surface area (Å²) >= 11 is 0. The Hall–Kier alpha value is -5.10. The van der Waals surface area contributed by atoms with Crippen LogP contribution in [0.25, 0.3) is 0 Å². The van der Waals surface area contributed by atoms with Gasteiger partial charge in [0, 0.05) is 49.3 Å². The van der Waals surface area contributed by atoms with E-state index in [1.165, 1.54) is 0 Å². The molecule has 0 saturated heterocycles. The van der Waals surface area contributed by atoms with Crippen LogP contribution in [-0.4, -0.2) is 77.5 Å². The van der Waals surface area contributed by atoms with Crippen LogP contribution in [-0.2, 0) is 20.8 Å². The van der Waals surface area contributed by atoms with E-state index in [0.717, 1.165) is 0 Å². The summed E-state index contributed by atoms with van der Waals surface area (Å²) in [4.78, 5) is 54.8. The van der Waals surface area contributed by atoms with Crippen molar-refractivity contribution >= 4 is 46.5 Å². The van der Waals surface area contributed by atoms with E-state index >= 15 is 0 Å². The highest BCUT2D eigenvalue weighted by Gasteiger charge is 2.32. The molecule has 0 unspecified atom stereocenters. The largest absolute Gasteiger partial charge is 0.488 e. The van der Waals surface area contributed by atoms with Crippen LogP contribution in [0, 0.1) is 5.92 Å². The summed E-state index contributed by atoms with van der Waals surface area (Å²) in [5.41, 5.74) is 8.78. The molecule has 0 bridgehead atoms. The van der Waals surface area contributed by atoms with Gasteiger partial charge in [-0.05, 0) is 62.2 Å². The second-order valence-electron chi connectivity index (χ2n) is 12.6. The molecule has 3 aromatic carbocycles. The Morgan fingerprint density at radius 1 is 0.939 bits per heavy atom. The van der Waals surface area contributed by atoms with Gasteiger partial charge in [0.2, 0.25) is 17.7 Å². The van der Waals surface area contributed by atoms with Gasteiger partial charge in [-0.3, -0.25) is 14.4 Å². The van der Waals surface area contributed by atoms with Crippen molar-refractivity contribution in [2.75, 3.05) is 48.4 Å². The third kappa shape index (κ3) is 11.0. The lowest BCUT2D eigenvalue weighted by Gasteiger charge is -2.34. The fourth-order valence-corrected chi connectivity index (χ4v) is 5.61. The number of hydrogen-bond acceptors (Lipinski definition) is 7. The third-order valence-electron chi connectivity index (χ3n) is 8.57. The number of nitrogens with one attached hydrogen (secondary N) is 3. The van der Waals surface area contributed by atoms with Crippen LogP contribution in [0.2, 0.25) is 0 Å². The number of nitrogens with zero attached hydrogens (tertiary/aromatic N) is 2. The average molecular weight is 673 g/mol. The van der Waals surface area contributed by atoms with Crippen molar-refractivity contribution in [3.63, 3.8) is 0 Å². The Labute approximate surface area is 288 Å². The zero-order valence-electron chi connectivity index (χ0n) is 28.5. The van der Waals surface area contributed by atoms with Crippen LogP contribution in [0.1, 0.15) is 51.5 Å². The summed E-state index contributed by atoms with van der Waals surface area (Å²) in [7, 11) is 1.69. The van der Waals surface area contributed by atoms with Crippen LogP contribution >= 0.6 is 0 Å². The van der Waals surface area contributed by atoms with Gasteiger partial charge < -0.3 is 41.3 Å². The molecule has 262 valence electrons. The number of rotatable bonds is 13. The molecule has 0 spiro atoms. The zero-order chi connectivity index (χ0) is 35.3. The minimum absolute atomic E-state index is 0.0177. The number of nitrogen functional groups attached to an aromatic ring is 1. The van der Waals surface area contributed by atoms with Crippen molar-refractivity contribution in [3.05, 3.63) is 78.4 Å². The Bertz CT molecular complexity index is 1580. The van der Waals surface area contributed by atoms with E-state index in [2.05, 4.69) is 16.0 Å². The number of fused-ring (bicyclic) bond motifs is 1. The maximum absolute atomic E-state index is 13.5. The number of aliphatic hydroxyl groups is 1. The summed E-state index contributed by atoms with van der Waals surface area (Å²) in [6.45, 7) is 4.14. The van der Waals surface area contributed by atoms with E-state index in [-0.39, 0.29) is 55.7 Å². The predicted molar refractivity (Wildman–Crippen MR) is 191 cm³/mol. The Kier molecular flexibility index (Phi) is 13.4. The van der Waals surface area contributed by atoms with Gasteiger partial charge in [0.1, 0.15) is 11.9 Å². The van der Waals surface area contributed by atoms with Gasteiger partial charge in [0.25, 0.3) is 0 Å². The van der Waals surface area contributed by atoms with E-state index < -0.39 is 12.1 Å². The predicted octanol–water partition coefficient (Wildman–Crippen LogP) is 5.11. The number of amides is 5. The summed E-state index contributed by atoms with van der Waals surface area (Å²) < 4.78 is 6.51. The van der Waals surface area contributed by atoms with Crippen LogP contribution < -0.4 is 26.4 Å². The number of para-hydroxylation sites is 3. The number of nitrogens with two attached hydrogens (primary N) is 1. The van der Waals surface area contributed by atoms with Crippen molar-refractivity contribution in [2.24, 2.45) is 5.92 Å². The van der Waals surface area contributed by atoms with Gasteiger partial charge in [-0.15, -0.1) is 0 Å². The molecule has 12 heteroatoms. The number of aliphatic hydroxyl groups excluding tert-OH is 1. The highest BCUT2D eigenvalue weighted by Crippen LogP contribution is 2.29. The molecule has 5 amide bonds. The molecule has 1 aliphatic heterocycles. The first-order chi connectivity index (χ1) is 23.5. The Morgan fingerprint density at radius 3 is 2.31 bits per heavy atom. The van der Waals surface area contributed by atoms with E-state index in [9.17, 15) is 24.3 Å². The zero-order valence-corrected chi connectivity index (χ0v) is 28.5. The Morgan fingerprint density at radius 2 is 1.61 bits per heavy atom. The van der Waals surface area contributed by atoms with E-state index in [4.69, 9.17) is 10.5 Å². The third-order valence-corrected chi connectivity index (χ3v) is 8.57. The van der Waals surface area contributed by atoms with E-state index in [1.54, 1.807) is 66.2 Å². The minimum Gasteiger partial charge on any atom is -0.488 e. The SMILES string of the molecule is C[C@H](CO)N1C[C@H](C)[C@@H](CN(C)C(=O)Nc2ccccc2)Oc2ccc(NC(=O)CCCCCC(=O)Nc3ccccc3N)cc2CC1=O. The topological polar surface area (TPSA) is 166 Å². The van der Waals surface area contributed by atoms with Crippen LogP contribution in [0.4, 0.5) is 27.5 Å². The Balaban J connectivity index is 1.37. The quantitative estimate of drug-likeness (QED) is 0.124. The summed E-state index contributed by atoms with van der Waals surface area (Å²) in [5.74, 6) is -0.158. The molecule has 0 fully saturated rings. The lowest BCUT2D eigenvalue weighted by atomic mass is 10.0. The van der Waals surface area contributed by atoms with Crippen LogP contribution in [0.15, 0.2) is 72.8 Å². The maximum atomic E-state index is 13.5. The first-order valence-electron chi connectivity index (χ1n) is 16.7. The van der Waals surface area contributed by atoms with Gasteiger partial charge in [-0.25, -0.2) is 4.79 Å². The standard InChI is InChI=1S/C37H48N6O6/c1-25-22-43(26(2)24-44)36(47)21-27-20-29(39-34(45)16-8-5-9-17-35(46)41-31-15-11-10-14-30(31)38)18-19-32(27)49-33(25)23-42(3)37(48)40-28-12-6-4-7-13-28/h4,6-7,10-15,18-20,25-26,33,44H,5,8-9,16-17,21-24,38H2,1-3H3,(H,39,45)(H,40,48)(H,41,46)/t25-,26+,33+/m0/s1. The van der Waals surface area contributed by atoms with Crippen molar-refractivity contribution < 1.29 is 29.0 Å². The molecule has 1 heterocycles. The van der Waals surface area contributed by atoms with Gasteiger partial charge in [0.05, 0.1) is 37.0 Å². The molecule has 0 saturated carbocycles. The molecular formula is C37H48N6O6. The van der Waals surface area contributed by atoms with E-state index in [1.807, 2.05) is 37.3 Å². The van der Waals surface area contributed by atoms with Gasteiger partial charge in [-0.1, -0.05) is 43.7 Å². The maximum Gasteiger partial charge on any atom is 0.321 e. The lowest BCUT2D eigenvalue weighted by Crippen LogP contribution is -2.48. The van der Waals surface area contributed by atoms with Crippen molar-refractivity contribution in [1.82, 2.24) is 9.80 Å². The number of carbonyl (C=O) groups excluding carboxylic acids is 4. The number of unbranched alkanes of at least 4 members (excludes halogenated alkanes) is 2. The molecule has 4 rings (SSSR count). The first-order valence-corrected chi connectivity index (χ1v) is 16.7. The summed E-state index contributed by atoms with van der Waals surface area (Å²) in [6, 6.07) is 20.8. The average Bonchev–Trinajstić information content (AvgIpc) is 3.12. The van der Waals surface area contributed by atoms with Crippen molar-refractivity contribution in [2.45, 2.75) is 64.5 Å². The van der Waals surface area contributed by atoms with Gasteiger partial charge in [0.15, 0.2) is 0 Å². The highest BCUT2D eigenvalue weighted by atomic mass is 16.5. The fraction of sp³-hybridized carbons (Fsp3) is 0.405. The number of benzene rings is 3. The van der Waals surface area contributed by atoms with Crippen LogP contribution in [0.3, 0.4) is 0 Å². The second kappa shape index (κ2) is 17.9.